The Morgan fingerprint density at radius 1 is 1.21 bits per heavy atom. The van der Waals surface area contributed by atoms with Gasteiger partial charge in [-0.2, -0.15) is 0 Å². The molecule has 0 amide bonds. The van der Waals surface area contributed by atoms with Crippen molar-refractivity contribution < 1.29 is 9.32 Å². The predicted molar refractivity (Wildman–Crippen MR) is 80.7 cm³/mol. The maximum atomic E-state index is 11.3. The van der Waals surface area contributed by atoms with Crippen molar-refractivity contribution in [2.24, 2.45) is 5.92 Å². The number of rotatable bonds is 7. The molecule has 0 heterocycles. The number of hydrogen-bond donors (Lipinski definition) is 2. The second kappa shape index (κ2) is 7.78. The first-order valence-electron chi connectivity index (χ1n) is 6.74. The molecule has 1 aromatic rings. The second-order valence-corrected chi connectivity index (χ2v) is 6.80. The second-order valence-electron chi connectivity index (χ2n) is 5.42. The Morgan fingerprint density at radius 3 is 2.21 bits per heavy atom. The monoisotopic (exact) mass is 283 g/mol. The lowest BCUT2D eigenvalue weighted by Gasteiger charge is -2.23. The van der Waals surface area contributed by atoms with Crippen molar-refractivity contribution in [2.45, 2.75) is 44.2 Å². The van der Waals surface area contributed by atoms with Crippen LogP contribution in [0.1, 0.15) is 38.8 Å². The smallest absolute Gasteiger partial charge is 0.0584 e. The maximum absolute atomic E-state index is 11.3. The van der Waals surface area contributed by atoms with Gasteiger partial charge in [-0.05, 0) is 37.0 Å². The Kier molecular flexibility index (Phi) is 6.69. The van der Waals surface area contributed by atoms with E-state index >= 15 is 0 Å². The lowest BCUT2D eigenvalue weighted by Crippen LogP contribution is -2.35. The van der Waals surface area contributed by atoms with E-state index in [1.165, 1.54) is 0 Å². The van der Waals surface area contributed by atoms with Gasteiger partial charge in [0, 0.05) is 34.0 Å². The highest BCUT2D eigenvalue weighted by atomic mass is 32.2. The number of aliphatic hydroxyl groups excluding tert-OH is 1. The van der Waals surface area contributed by atoms with E-state index < -0.39 is 10.8 Å². The summed E-state index contributed by atoms with van der Waals surface area (Å²) >= 11 is 0. The minimum atomic E-state index is -0.931. The largest absolute Gasteiger partial charge is 0.395 e. The van der Waals surface area contributed by atoms with Gasteiger partial charge in [0.2, 0.25) is 0 Å². The molecule has 0 fully saturated rings. The van der Waals surface area contributed by atoms with Crippen molar-refractivity contribution in [1.29, 1.82) is 0 Å². The molecule has 3 unspecified atom stereocenters. The number of aliphatic hydroxyl groups is 1. The lowest BCUT2D eigenvalue weighted by atomic mass is 10.0. The van der Waals surface area contributed by atoms with Crippen LogP contribution in [0.25, 0.3) is 0 Å². The van der Waals surface area contributed by atoms with Gasteiger partial charge in [-0.3, -0.25) is 4.21 Å². The summed E-state index contributed by atoms with van der Waals surface area (Å²) in [6.45, 7) is 6.54. The van der Waals surface area contributed by atoms with E-state index in [2.05, 4.69) is 26.1 Å². The van der Waals surface area contributed by atoms with Gasteiger partial charge >= 0.3 is 0 Å². The van der Waals surface area contributed by atoms with Crippen LogP contribution < -0.4 is 5.32 Å². The molecule has 1 rings (SSSR count). The van der Waals surface area contributed by atoms with Gasteiger partial charge in [0.1, 0.15) is 0 Å². The van der Waals surface area contributed by atoms with Crippen molar-refractivity contribution >= 4 is 10.8 Å². The zero-order chi connectivity index (χ0) is 14.4. The SMILES string of the molecule is CC(C)CC(CO)NC(C)c1ccc(S(C)=O)cc1. The molecule has 3 nitrogen and oxygen atoms in total. The highest BCUT2D eigenvalue weighted by Crippen LogP contribution is 2.17. The van der Waals surface area contributed by atoms with E-state index in [0.717, 1.165) is 16.9 Å². The van der Waals surface area contributed by atoms with Gasteiger partial charge in [0.05, 0.1) is 6.61 Å². The molecular weight excluding hydrogens is 258 g/mol. The quantitative estimate of drug-likeness (QED) is 0.808. The van der Waals surface area contributed by atoms with Crippen LogP contribution in [-0.4, -0.2) is 28.2 Å². The Balaban J connectivity index is 2.66. The molecule has 0 saturated carbocycles. The normalized spacial score (nSPS) is 16.3. The molecule has 0 aliphatic carbocycles. The van der Waals surface area contributed by atoms with Gasteiger partial charge in [-0.1, -0.05) is 26.0 Å². The molecule has 3 atom stereocenters. The minimum absolute atomic E-state index is 0.120. The van der Waals surface area contributed by atoms with Crippen molar-refractivity contribution in [1.82, 2.24) is 5.32 Å². The molecule has 0 saturated heterocycles. The van der Waals surface area contributed by atoms with Gasteiger partial charge in [0.25, 0.3) is 0 Å². The average molecular weight is 283 g/mol. The zero-order valence-corrected chi connectivity index (χ0v) is 13.0. The van der Waals surface area contributed by atoms with E-state index in [4.69, 9.17) is 0 Å². The highest BCUT2D eigenvalue weighted by Gasteiger charge is 2.14. The summed E-state index contributed by atoms with van der Waals surface area (Å²) in [5.74, 6) is 0.557. The molecule has 0 spiro atoms. The maximum Gasteiger partial charge on any atom is 0.0584 e. The fraction of sp³-hybridized carbons (Fsp3) is 0.600. The Bertz CT molecular complexity index is 403. The first-order chi connectivity index (χ1) is 8.93. The van der Waals surface area contributed by atoms with Crippen LogP contribution in [0.2, 0.25) is 0 Å². The van der Waals surface area contributed by atoms with Crippen LogP contribution in [0.4, 0.5) is 0 Å². The minimum Gasteiger partial charge on any atom is -0.395 e. The summed E-state index contributed by atoms with van der Waals surface area (Å²) in [6.07, 6.45) is 2.64. The third kappa shape index (κ3) is 5.43. The Labute approximate surface area is 118 Å². The first-order valence-corrected chi connectivity index (χ1v) is 8.30. The Hall–Kier alpha value is -0.710. The van der Waals surface area contributed by atoms with E-state index in [1.807, 2.05) is 24.3 Å². The predicted octanol–water partition coefficient (Wildman–Crippen LogP) is 2.48. The third-order valence-corrected chi connectivity index (χ3v) is 4.11. The fourth-order valence-electron chi connectivity index (χ4n) is 2.16. The van der Waals surface area contributed by atoms with Crippen molar-refractivity contribution in [3.05, 3.63) is 29.8 Å². The highest BCUT2D eigenvalue weighted by molar-refractivity contribution is 7.84. The van der Waals surface area contributed by atoms with Crippen LogP contribution >= 0.6 is 0 Å². The summed E-state index contributed by atoms with van der Waals surface area (Å²) in [5.41, 5.74) is 1.15. The molecule has 0 aliphatic heterocycles. The number of hydrogen-bond acceptors (Lipinski definition) is 3. The van der Waals surface area contributed by atoms with Gasteiger partial charge < -0.3 is 10.4 Å². The average Bonchev–Trinajstić information content (AvgIpc) is 2.37. The summed E-state index contributed by atoms with van der Waals surface area (Å²) in [5, 5.41) is 12.8. The summed E-state index contributed by atoms with van der Waals surface area (Å²) in [4.78, 5) is 0.844. The van der Waals surface area contributed by atoms with Gasteiger partial charge in [-0.25, -0.2) is 0 Å². The molecule has 2 N–H and O–H groups in total. The molecule has 1 aromatic carbocycles. The topological polar surface area (TPSA) is 49.3 Å². The van der Waals surface area contributed by atoms with E-state index in [0.29, 0.717) is 5.92 Å². The summed E-state index contributed by atoms with van der Waals surface area (Å²) in [7, 11) is -0.931. The van der Waals surface area contributed by atoms with Gasteiger partial charge in [0.15, 0.2) is 0 Å². The molecule has 4 heteroatoms. The van der Waals surface area contributed by atoms with Crippen LogP contribution in [0.15, 0.2) is 29.2 Å². The molecule has 0 radical (unpaired) electrons. The van der Waals surface area contributed by atoms with Crippen LogP contribution in [-0.2, 0) is 10.8 Å². The molecule has 108 valence electrons. The van der Waals surface area contributed by atoms with E-state index in [1.54, 1.807) is 6.26 Å². The van der Waals surface area contributed by atoms with Crippen LogP contribution in [0.5, 0.6) is 0 Å². The molecular formula is C15H25NO2S. The molecule has 0 aromatic heterocycles. The van der Waals surface area contributed by atoms with Crippen molar-refractivity contribution in [3.8, 4) is 0 Å². The molecule has 19 heavy (non-hydrogen) atoms. The van der Waals surface area contributed by atoms with Crippen molar-refractivity contribution in [3.63, 3.8) is 0 Å². The van der Waals surface area contributed by atoms with Crippen LogP contribution in [0, 0.1) is 5.92 Å². The van der Waals surface area contributed by atoms with Crippen molar-refractivity contribution in [2.75, 3.05) is 12.9 Å². The summed E-state index contributed by atoms with van der Waals surface area (Å²) < 4.78 is 11.3. The van der Waals surface area contributed by atoms with E-state index in [9.17, 15) is 9.32 Å². The van der Waals surface area contributed by atoms with Gasteiger partial charge in [-0.15, -0.1) is 0 Å². The first kappa shape index (κ1) is 16.3. The standard InChI is InChI=1S/C15H25NO2S/c1-11(2)9-14(10-17)16-12(3)13-5-7-15(8-6-13)19(4)18/h5-8,11-12,14,16-17H,9-10H2,1-4H3. The van der Waals surface area contributed by atoms with E-state index in [-0.39, 0.29) is 18.7 Å². The fourth-order valence-corrected chi connectivity index (χ4v) is 2.68. The Morgan fingerprint density at radius 2 is 1.79 bits per heavy atom. The number of benzene rings is 1. The van der Waals surface area contributed by atoms with Crippen LogP contribution in [0.3, 0.4) is 0 Å². The number of nitrogens with one attached hydrogen (secondary N) is 1. The summed E-state index contributed by atoms with van der Waals surface area (Å²) in [6, 6.07) is 8.10. The molecule has 0 bridgehead atoms. The third-order valence-electron chi connectivity index (χ3n) is 3.17. The molecule has 0 aliphatic rings. The lowest BCUT2D eigenvalue weighted by molar-refractivity contribution is 0.215. The zero-order valence-electron chi connectivity index (χ0n) is 12.2.